The van der Waals surface area contributed by atoms with Crippen LogP contribution in [0.25, 0.3) is 10.9 Å². The van der Waals surface area contributed by atoms with Gasteiger partial charge in [0.1, 0.15) is 5.82 Å². The van der Waals surface area contributed by atoms with Gasteiger partial charge in [0.05, 0.1) is 17.0 Å². The van der Waals surface area contributed by atoms with Crippen LogP contribution in [0.2, 0.25) is 0 Å². The van der Waals surface area contributed by atoms with Crippen LogP contribution >= 0.6 is 0 Å². The molecule has 5 nitrogen and oxygen atoms in total. The summed E-state index contributed by atoms with van der Waals surface area (Å²) in [6, 6.07) is 10.6. The molecule has 1 unspecified atom stereocenters. The highest BCUT2D eigenvalue weighted by molar-refractivity contribution is 5.77. The first-order chi connectivity index (χ1) is 9.74. The largest absolute Gasteiger partial charge is 0.388 e. The molecule has 0 aliphatic carbocycles. The van der Waals surface area contributed by atoms with Gasteiger partial charge >= 0.3 is 0 Å². The molecule has 0 aliphatic rings. The molecule has 5 heteroatoms. The molecule has 0 radical (unpaired) electrons. The summed E-state index contributed by atoms with van der Waals surface area (Å²) in [6.07, 6.45) is 2.77. The fourth-order valence-electron chi connectivity index (χ4n) is 2.12. The second-order valence-corrected chi connectivity index (χ2v) is 4.53. The highest BCUT2D eigenvalue weighted by atomic mass is 16.3. The van der Waals surface area contributed by atoms with Crippen LogP contribution < -0.4 is 5.56 Å². The molecule has 1 atom stereocenters. The summed E-state index contributed by atoms with van der Waals surface area (Å²) in [6.45, 7) is 0. The van der Waals surface area contributed by atoms with Crippen LogP contribution in [0.1, 0.15) is 17.5 Å². The third-order valence-corrected chi connectivity index (χ3v) is 3.14. The minimum atomic E-state index is -0.720. The van der Waals surface area contributed by atoms with E-state index in [1.165, 1.54) is 0 Å². The quantitative estimate of drug-likeness (QED) is 0.755. The first-order valence-corrected chi connectivity index (χ1v) is 6.30. The maximum Gasteiger partial charge on any atom is 0.258 e. The lowest BCUT2D eigenvalue weighted by molar-refractivity contribution is 0.176. The number of hydrogen-bond acceptors (Lipinski definition) is 4. The second-order valence-electron chi connectivity index (χ2n) is 4.53. The van der Waals surface area contributed by atoms with Gasteiger partial charge in [-0.25, -0.2) is 4.98 Å². The van der Waals surface area contributed by atoms with Crippen molar-refractivity contribution in [2.45, 2.75) is 12.5 Å². The van der Waals surface area contributed by atoms with E-state index < -0.39 is 6.10 Å². The number of rotatable bonds is 3. The van der Waals surface area contributed by atoms with Gasteiger partial charge in [-0.1, -0.05) is 12.1 Å². The smallest absolute Gasteiger partial charge is 0.258 e. The molecule has 0 aliphatic heterocycles. The lowest BCUT2D eigenvalue weighted by Crippen LogP contribution is -2.14. The fraction of sp³-hybridized carbons (Fsp3) is 0.133. The Labute approximate surface area is 115 Å². The SMILES string of the molecule is O=c1[nH]c(CC(O)c2ccncc2)nc2ccccc12. The Morgan fingerprint density at radius 3 is 2.70 bits per heavy atom. The molecular weight excluding hydrogens is 254 g/mol. The van der Waals surface area contributed by atoms with Gasteiger partial charge in [0.15, 0.2) is 0 Å². The molecule has 2 N–H and O–H groups in total. The van der Waals surface area contributed by atoms with E-state index in [2.05, 4.69) is 15.0 Å². The van der Waals surface area contributed by atoms with E-state index in [1.807, 2.05) is 6.07 Å². The number of aliphatic hydroxyl groups excluding tert-OH is 1. The first-order valence-electron chi connectivity index (χ1n) is 6.30. The van der Waals surface area contributed by atoms with Crippen molar-refractivity contribution in [1.29, 1.82) is 0 Å². The number of para-hydroxylation sites is 1. The number of nitrogens with zero attached hydrogens (tertiary/aromatic N) is 2. The minimum Gasteiger partial charge on any atom is -0.388 e. The van der Waals surface area contributed by atoms with Crippen LogP contribution in [0, 0.1) is 0 Å². The third-order valence-electron chi connectivity index (χ3n) is 3.14. The van der Waals surface area contributed by atoms with Gasteiger partial charge in [-0.05, 0) is 29.8 Å². The standard InChI is InChI=1S/C15H13N3O2/c19-13(10-5-7-16-8-6-10)9-14-17-12-4-2-1-3-11(12)15(20)18-14/h1-8,13,19H,9H2,(H,17,18,20). The van der Waals surface area contributed by atoms with Crippen LogP contribution in [-0.2, 0) is 6.42 Å². The summed E-state index contributed by atoms with van der Waals surface area (Å²) in [5, 5.41) is 10.7. The number of aromatic amines is 1. The van der Waals surface area contributed by atoms with Crippen LogP contribution in [0.5, 0.6) is 0 Å². The van der Waals surface area contributed by atoms with E-state index in [-0.39, 0.29) is 12.0 Å². The first kappa shape index (κ1) is 12.5. The lowest BCUT2D eigenvalue weighted by atomic mass is 10.1. The molecule has 0 bridgehead atoms. The van der Waals surface area contributed by atoms with E-state index >= 15 is 0 Å². The molecule has 0 spiro atoms. The summed E-state index contributed by atoms with van der Waals surface area (Å²) in [4.78, 5) is 22.9. The Hall–Kier alpha value is -2.53. The van der Waals surface area contributed by atoms with Crippen molar-refractivity contribution >= 4 is 10.9 Å². The molecule has 0 saturated heterocycles. The number of fused-ring (bicyclic) bond motifs is 1. The van der Waals surface area contributed by atoms with Crippen molar-refractivity contribution in [3.8, 4) is 0 Å². The number of hydrogen-bond donors (Lipinski definition) is 2. The van der Waals surface area contributed by atoms with Crippen molar-refractivity contribution < 1.29 is 5.11 Å². The van der Waals surface area contributed by atoms with Crippen molar-refractivity contribution in [2.24, 2.45) is 0 Å². The lowest BCUT2D eigenvalue weighted by Gasteiger charge is -2.10. The molecule has 3 aromatic rings. The predicted octanol–water partition coefficient (Wildman–Crippen LogP) is 1.59. The molecule has 20 heavy (non-hydrogen) atoms. The maximum atomic E-state index is 11.9. The molecule has 2 heterocycles. The zero-order chi connectivity index (χ0) is 13.9. The van der Waals surface area contributed by atoms with E-state index in [0.717, 1.165) is 5.56 Å². The number of aliphatic hydroxyl groups is 1. The highest BCUT2D eigenvalue weighted by Crippen LogP contribution is 2.16. The average Bonchev–Trinajstić information content (AvgIpc) is 2.48. The minimum absolute atomic E-state index is 0.187. The Kier molecular flexibility index (Phi) is 3.26. The normalized spacial score (nSPS) is 12.4. The van der Waals surface area contributed by atoms with Crippen molar-refractivity contribution in [1.82, 2.24) is 15.0 Å². The van der Waals surface area contributed by atoms with E-state index in [1.54, 1.807) is 42.7 Å². The molecular formula is C15H13N3O2. The summed E-state index contributed by atoms with van der Waals surface area (Å²) in [5.41, 5.74) is 1.19. The maximum absolute atomic E-state index is 11.9. The van der Waals surface area contributed by atoms with Gasteiger partial charge in [-0.15, -0.1) is 0 Å². The van der Waals surface area contributed by atoms with Gasteiger partial charge in [-0.2, -0.15) is 0 Å². The molecule has 1 aromatic carbocycles. The summed E-state index contributed by atoms with van der Waals surface area (Å²) in [5.74, 6) is 0.470. The van der Waals surface area contributed by atoms with Gasteiger partial charge in [0.25, 0.3) is 5.56 Å². The fourth-order valence-corrected chi connectivity index (χ4v) is 2.12. The van der Waals surface area contributed by atoms with Crippen molar-refractivity contribution in [3.63, 3.8) is 0 Å². The Morgan fingerprint density at radius 1 is 1.15 bits per heavy atom. The van der Waals surface area contributed by atoms with Gasteiger partial charge in [0.2, 0.25) is 0 Å². The monoisotopic (exact) mass is 267 g/mol. The van der Waals surface area contributed by atoms with E-state index in [4.69, 9.17) is 0 Å². The van der Waals surface area contributed by atoms with Crippen LogP contribution in [-0.4, -0.2) is 20.1 Å². The number of pyridine rings is 1. The number of nitrogens with one attached hydrogen (secondary N) is 1. The van der Waals surface area contributed by atoms with E-state index in [9.17, 15) is 9.90 Å². The van der Waals surface area contributed by atoms with Crippen molar-refractivity contribution in [2.75, 3.05) is 0 Å². The number of H-pyrrole nitrogens is 1. The van der Waals surface area contributed by atoms with Gasteiger partial charge < -0.3 is 10.1 Å². The molecule has 3 rings (SSSR count). The third kappa shape index (κ3) is 2.44. The molecule has 0 amide bonds. The summed E-state index contributed by atoms with van der Waals surface area (Å²) < 4.78 is 0. The number of aromatic nitrogens is 3. The average molecular weight is 267 g/mol. The Morgan fingerprint density at radius 2 is 1.90 bits per heavy atom. The molecule has 0 fully saturated rings. The molecule has 0 saturated carbocycles. The second kappa shape index (κ2) is 5.22. The van der Waals surface area contributed by atoms with Crippen molar-refractivity contribution in [3.05, 3.63) is 70.5 Å². The van der Waals surface area contributed by atoms with E-state index in [0.29, 0.717) is 16.7 Å². The van der Waals surface area contributed by atoms with Gasteiger partial charge in [-0.3, -0.25) is 9.78 Å². The molecule has 100 valence electrons. The zero-order valence-electron chi connectivity index (χ0n) is 10.7. The van der Waals surface area contributed by atoms with Gasteiger partial charge in [0, 0.05) is 18.8 Å². The predicted molar refractivity (Wildman–Crippen MR) is 75.3 cm³/mol. The Bertz CT molecular complexity index is 784. The number of benzene rings is 1. The molecule has 2 aromatic heterocycles. The highest BCUT2D eigenvalue weighted by Gasteiger charge is 2.11. The van der Waals surface area contributed by atoms with Crippen LogP contribution in [0.3, 0.4) is 0 Å². The summed E-state index contributed by atoms with van der Waals surface area (Å²) >= 11 is 0. The zero-order valence-corrected chi connectivity index (χ0v) is 10.7. The van der Waals surface area contributed by atoms with Crippen LogP contribution in [0.4, 0.5) is 0 Å². The Balaban J connectivity index is 1.93. The van der Waals surface area contributed by atoms with Crippen LogP contribution in [0.15, 0.2) is 53.6 Å². The topological polar surface area (TPSA) is 78.9 Å². The summed E-state index contributed by atoms with van der Waals surface area (Å²) in [7, 11) is 0.